The second kappa shape index (κ2) is 5.94. The van der Waals surface area contributed by atoms with Gasteiger partial charge >= 0.3 is 0 Å². The van der Waals surface area contributed by atoms with Crippen LogP contribution < -0.4 is 10.2 Å². The first-order valence-corrected chi connectivity index (χ1v) is 8.11. The van der Waals surface area contributed by atoms with Crippen LogP contribution in [0.3, 0.4) is 0 Å². The van der Waals surface area contributed by atoms with Gasteiger partial charge in [0.2, 0.25) is 0 Å². The highest BCUT2D eigenvalue weighted by atomic mass is 32.1. The first-order chi connectivity index (χ1) is 9.78. The Morgan fingerprint density at radius 3 is 2.85 bits per heavy atom. The molecule has 0 bridgehead atoms. The summed E-state index contributed by atoms with van der Waals surface area (Å²) in [6.45, 7) is 6.22. The van der Waals surface area contributed by atoms with E-state index in [4.69, 9.17) is 0 Å². The Balaban J connectivity index is 1.76. The van der Waals surface area contributed by atoms with Crippen molar-refractivity contribution in [3.05, 3.63) is 40.9 Å². The molecule has 1 heterocycles. The predicted molar refractivity (Wildman–Crippen MR) is 85.8 cm³/mol. The number of thiazole rings is 1. The molecule has 0 spiro atoms. The lowest BCUT2D eigenvalue weighted by Crippen LogP contribution is -2.16. The molecule has 0 amide bonds. The van der Waals surface area contributed by atoms with Gasteiger partial charge in [0, 0.05) is 35.9 Å². The van der Waals surface area contributed by atoms with E-state index >= 15 is 0 Å². The first-order valence-electron chi connectivity index (χ1n) is 7.29. The monoisotopic (exact) mass is 287 g/mol. The minimum Gasteiger partial charge on any atom is -0.318 e. The molecule has 106 valence electrons. The Labute approximate surface area is 124 Å². The predicted octanol–water partition coefficient (Wildman–Crippen LogP) is 3.86. The molecule has 3 rings (SSSR count). The molecule has 0 unspecified atom stereocenters. The third-order valence-corrected chi connectivity index (χ3v) is 4.66. The van der Waals surface area contributed by atoms with E-state index < -0.39 is 0 Å². The van der Waals surface area contributed by atoms with Gasteiger partial charge in [-0.3, -0.25) is 0 Å². The number of aryl methyl sites for hydroxylation is 1. The minimum absolute atomic E-state index is 0.749. The lowest BCUT2D eigenvalue weighted by molar-refractivity contribution is 0.694. The maximum Gasteiger partial charge on any atom is 0.190 e. The number of aromatic nitrogens is 1. The summed E-state index contributed by atoms with van der Waals surface area (Å²) in [5.74, 6) is 0. The van der Waals surface area contributed by atoms with Crippen LogP contribution in [0, 0.1) is 6.92 Å². The van der Waals surface area contributed by atoms with Crippen molar-refractivity contribution in [2.75, 3.05) is 11.4 Å². The molecule has 0 atom stereocenters. The average Bonchev–Trinajstić information content (AvgIpc) is 3.18. The molecule has 0 aliphatic heterocycles. The SMILES string of the molecule is CCN(c1ncc(CNC2CC2)s1)c1ccccc1C. The number of hydrogen-bond donors (Lipinski definition) is 1. The fourth-order valence-electron chi connectivity index (χ4n) is 2.31. The highest BCUT2D eigenvalue weighted by Gasteiger charge is 2.20. The van der Waals surface area contributed by atoms with E-state index in [0.29, 0.717) is 0 Å². The van der Waals surface area contributed by atoms with E-state index in [-0.39, 0.29) is 0 Å². The molecule has 1 aromatic carbocycles. The number of anilines is 2. The average molecular weight is 287 g/mol. The van der Waals surface area contributed by atoms with E-state index in [2.05, 4.69) is 53.3 Å². The molecule has 3 nitrogen and oxygen atoms in total. The van der Waals surface area contributed by atoms with Crippen LogP contribution in [-0.2, 0) is 6.54 Å². The summed E-state index contributed by atoms with van der Waals surface area (Å²) in [5, 5.41) is 4.64. The molecular weight excluding hydrogens is 266 g/mol. The van der Waals surface area contributed by atoms with Crippen LogP contribution in [0.2, 0.25) is 0 Å². The van der Waals surface area contributed by atoms with E-state index in [1.807, 2.05) is 6.20 Å². The topological polar surface area (TPSA) is 28.2 Å². The Bertz CT molecular complexity index is 575. The van der Waals surface area contributed by atoms with Gasteiger partial charge in [0.25, 0.3) is 0 Å². The van der Waals surface area contributed by atoms with Crippen molar-refractivity contribution >= 4 is 22.2 Å². The van der Waals surface area contributed by atoms with Crippen molar-refractivity contribution in [1.82, 2.24) is 10.3 Å². The van der Waals surface area contributed by atoms with E-state index in [9.17, 15) is 0 Å². The molecule has 1 N–H and O–H groups in total. The number of nitrogens with one attached hydrogen (secondary N) is 1. The van der Waals surface area contributed by atoms with Crippen LogP contribution >= 0.6 is 11.3 Å². The Morgan fingerprint density at radius 2 is 2.15 bits per heavy atom. The third kappa shape index (κ3) is 3.02. The van der Waals surface area contributed by atoms with Gasteiger partial charge < -0.3 is 10.2 Å². The maximum atomic E-state index is 4.61. The quantitative estimate of drug-likeness (QED) is 0.874. The lowest BCUT2D eigenvalue weighted by atomic mass is 10.2. The van der Waals surface area contributed by atoms with Crippen LogP contribution in [0.15, 0.2) is 30.5 Å². The highest BCUT2D eigenvalue weighted by molar-refractivity contribution is 7.15. The first kappa shape index (κ1) is 13.6. The van der Waals surface area contributed by atoms with Gasteiger partial charge in [-0.1, -0.05) is 18.2 Å². The lowest BCUT2D eigenvalue weighted by Gasteiger charge is -2.21. The van der Waals surface area contributed by atoms with Crippen molar-refractivity contribution in [1.29, 1.82) is 0 Å². The van der Waals surface area contributed by atoms with Crippen molar-refractivity contribution in [3.8, 4) is 0 Å². The van der Waals surface area contributed by atoms with Gasteiger partial charge in [0.15, 0.2) is 5.13 Å². The van der Waals surface area contributed by atoms with Crippen molar-refractivity contribution in [2.45, 2.75) is 39.3 Å². The normalized spacial score (nSPS) is 14.5. The summed E-state index contributed by atoms with van der Waals surface area (Å²) in [7, 11) is 0. The molecule has 1 aliphatic carbocycles. The maximum absolute atomic E-state index is 4.61. The van der Waals surface area contributed by atoms with Crippen LogP contribution in [0.5, 0.6) is 0 Å². The summed E-state index contributed by atoms with van der Waals surface area (Å²) < 4.78 is 0. The molecule has 4 heteroatoms. The summed E-state index contributed by atoms with van der Waals surface area (Å²) in [6, 6.07) is 9.25. The zero-order valence-corrected chi connectivity index (χ0v) is 12.9. The molecule has 0 saturated heterocycles. The Hall–Kier alpha value is -1.39. The fraction of sp³-hybridized carbons (Fsp3) is 0.438. The number of nitrogens with zero attached hydrogens (tertiary/aromatic N) is 2. The molecule has 1 aromatic heterocycles. The summed E-state index contributed by atoms with van der Waals surface area (Å²) in [6.07, 6.45) is 4.67. The van der Waals surface area contributed by atoms with Crippen LogP contribution in [0.1, 0.15) is 30.2 Å². The van der Waals surface area contributed by atoms with Gasteiger partial charge in [-0.2, -0.15) is 0 Å². The molecule has 1 aliphatic rings. The highest BCUT2D eigenvalue weighted by Crippen LogP contribution is 2.31. The van der Waals surface area contributed by atoms with Crippen LogP contribution in [-0.4, -0.2) is 17.6 Å². The molecular formula is C16H21N3S. The second-order valence-electron chi connectivity index (χ2n) is 5.30. The van der Waals surface area contributed by atoms with E-state index in [1.165, 1.54) is 29.0 Å². The van der Waals surface area contributed by atoms with Crippen LogP contribution in [0.25, 0.3) is 0 Å². The van der Waals surface area contributed by atoms with Gasteiger partial charge in [0.05, 0.1) is 0 Å². The summed E-state index contributed by atoms with van der Waals surface area (Å²) >= 11 is 1.79. The third-order valence-electron chi connectivity index (χ3n) is 3.64. The van der Waals surface area contributed by atoms with Crippen molar-refractivity contribution in [2.24, 2.45) is 0 Å². The van der Waals surface area contributed by atoms with Gasteiger partial charge in [-0.05, 0) is 38.3 Å². The standard InChI is InChI=1S/C16H21N3S/c1-3-19(15-7-5-4-6-12(15)2)16-18-11-14(20-16)10-17-13-8-9-13/h4-7,11,13,17H,3,8-10H2,1-2H3. The van der Waals surface area contributed by atoms with Gasteiger partial charge in [-0.25, -0.2) is 4.98 Å². The largest absolute Gasteiger partial charge is 0.318 e. The smallest absolute Gasteiger partial charge is 0.190 e. The molecule has 1 fully saturated rings. The number of rotatable bonds is 6. The van der Waals surface area contributed by atoms with Crippen molar-refractivity contribution < 1.29 is 0 Å². The molecule has 20 heavy (non-hydrogen) atoms. The molecule has 2 aromatic rings. The van der Waals surface area contributed by atoms with E-state index in [1.54, 1.807) is 11.3 Å². The Kier molecular flexibility index (Phi) is 4.03. The van der Waals surface area contributed by atoms with E-state index in [0.717, 1.165) is 24.3 Å². The molecule has 0 radical (unpaired) electrons. The second-order valence-corrected chi connectivity index (χ2v) is 6.39. The zero-order valence-electron chi connectivity index (χ0n) is 12.1. The Morgan fingerprint density at radius 1 is 1.35 bits per heavy atom. The zero-order chi connectivity index (χ0) is 13.9. The molecule has 1 saturated carbocycles. The number of para-hydroxylation sites is 1. The van der Waals surface area contributed by atoms with Gasteiger partial charge in [0.1, 0.15) is 0 Å². The van der Waals surface area contributed by atoms with Crippen LogP contribution in [0.4, 0.5) is 10.8 Å². The summed E-state index contributed by atoms with van der Waals surface area (Å²) in [4.78, 5) is 8.22. The minimum atomic E-state index is 0.749. The number of hydrogen-bond acceptors (Lipinski definition) is 4. The number of benzene rings is 1. The fourth-order valence-corrected chi connectivity index (χ4v) is 3.25. The summed E-state index contributed by atoms with van der Waals surface area (Å²) in [5.41, 5.74) is 2.55. The van der Waals surface area contributed by atoms with Crippen molar-refractivity contribution in [3.63, 3.8) is 0 Å². The van der Waals surface area contributed by atoms with Gasteiger partial charge in [-0.15, -0.1) is 11.3 Å².